The van der Waals surface area contributed by atoms with E-state index in [0.29, 0.717) is 12.8 Å². The SMILES string of the molecule is CCCSC1(C(=O)O)CC(O)C1. The Kier molecular flexibility index (Phi) is 3.01. The van der Waals surface area contributed by atoms with Gasteiger partial charge in [0, 0.05) is 0 Å². The van der Waals surface area contributed by atoms with Crippen LogP contribution in [0.1, 0.15) is 26.2 Å². The van der Waals surface area contributed by atoms with Crippen molar-refractivity contribution in [2.45, 2.75) is 37.0 Å². The average molecular weight is 190 g/mol. The highest BCUT2D eigenvalue weighted by Crippen LogP contribution is 2.44. The van der Waals surface area contributed by atoms with Crippen molar-refractivity contribution in [3.05, 3.63) is 0 Å². The van der Waals surface area contributed by atoms with Gasteiger partial charge in [-0.15, -0.1) is 11.8 Å². The monoisotopic (exact) mass is 190 g/mol. The molecular weight excluding hydrogens is 176 g/mol. The van der Waals surface area contributed by atoms with Gasteiger partial charge < -0.3 is 10.2 Å². The number of aliphatic hydroxyl groups excluding tert-OH is 1. The van der Waals surface area contributed by atoms with Crippen molar-refractivity contribution >= 4 is 17.7 Å². The van der Waals surface area contributed by atoms with Crippen molar-refractivity contribution in [3.63, 3.8) is 0 Å². The minimum Gasteiger partial charge on any atom is -0.480 e. The molecule has 4 heteroatoms. The van der Waals surface area contributed by atoms with E-state index in [9.17, 15) is 4.79 Å². The molecule has 3 nitrogen and oxygen atoms in total. The lowest BCUT2D eigenvalue weighted by Crippen LogP contribution is -2.50. The Labute approximate surface area is 76.2 Å². The van der Waals surface area contributed by atoms with E-state index >= 15 is 0 Å². The Morgan fingerprint density at radius 1 is 1.67 bits per heavy atom. The summed E-state index contributed by atoms with van der Waals surface area (Å²) in [5.41, 5.74) is 0. The van der Waals surface area contributed by atoms with Gasteiger partial charge >= 0.3 is 5.97 Å². The maximum absolute atomic E-state index is 10.8. The molecule has 1 aliphatic rings. The van der Waals surface area contributed by atoms with Crippen LogP contribution >= 0.6 is 11.8 Å². The average Bonchev–Trinajstić information content (AvgIpc) is 1.95. The lowest BCUT2D eigenvalue weighted by Gasteiger charge is -2.40. The van der Waals surface area contributed by atoms with E-state index in [1.807, 2.05) is 6.92 Å². The van der Waals surface area contributed by atoms with Gasteiger partial charge in [0.05, 0.1) is 6.10 Å². The molecule has 1 fully saturated rings. The predicted molar refractivity (Wildman–Crippen MR) is 48.4 cm³/mol. The maximum atomic E-state index is 10.8. The summed E-state index contributed by atoms with van der Waals surface area (Å²) in [5.74, 6) is 0.0881. The van der Waals surface area contributed by atoms with Gasteiger partial charge in [0.2, 0.25) is 0 Å². The molecule has 1 rings (SSSR count). The van der Waals surface area contributed by atoms with Gasteiger partial charge in [-0.3, -0.25) is 4.79 Å². The number of aliphatic hydroxyl groups is 1. The summed E-state index contributed by atoms with van der Waals surface area (Å²) in [5, 5.41) is 18.0. The zero-order chi connectivity index (χ0) is 9.19. The van der Waals surface area contributed by atoms with E-state index in [1.54, 1.807) is 0 Å². The highest BCUT2D eigenvalue weighted by molar-refractivity contribution is 8.01. The van der Waals surface area contributed by atoms with Crippen LogP contribution in [0.5, 0.6) is 0 Å². The normalized spacial score (nSPS) is 34.3. The van der Waals surface area contributed by atoms with Crippen molar-refractivity contribution in [2.75, 3.05) is 5.75 Å². The molecule has 0 unspecified atom stereocenters. The van der Waals surface area contributed by atoms with E-state index < -0.39 is 16.8 Å². The Bertz CT molecular complexity index is 175. The van der Waals surface area contributed by atoms with Gasteiger partial charge in [-0.25, -0.2) is 0 Å². The molecule has 0 atom stereocenters. The van der Waals surface area contributed by atoms with Crippen LogP contribution in [-0.2, 0) is 4.79 Å². The van der Waals surface area contributed by atoms with E-state index in [-0.39, 0.29) is 0 Å². The molecule has 2 N–H and O–H groups in total. The maximum Gasteiger partial charge on any atom is 0.319 e. The molecule has 1 aliphatic carbocycles. The van der Waals surface area contributed by atoms with Crippen LogP contribution in [0.3, 0.4) is 0 Å². The van der Waals surface area contributed by atoms with Crippen molar-refractivity contribution < 1.29 is 15.0 Å². The molecule has 12 heavy (non-hydrogen) atoms. The van der Waals surface area contributed by atoms with Gasteiger partial charge in [0.25, 0.3) is 0 Å². The summed E-state index contributed by atoms with van der Waals surface area (Å²) in [7, 11) is 0. The molecule has 0 aliphatic heterocycles. The Morgan fingerprint density at radius 3 is 2.58 bits per heavy atom. The Balaban J connectivity index is 2.45. The molecule has 0 saturated heterocycles. The number of hydrogen-bond donors (Lipinski definition) is 2. The van der Waals surface area contributed by atoms with E-state index in [1.165, 1.54) is 11.8 Å². The van der Waals surface area contributed by atoms with Gasteiger partial charge in [0.15, 0.2) is 0 Å². The first-order valence-corrected chi connectivity index (χ1v) is 5.15. The third kappa shape index (κ3) is 1.75. The van der Waals surface area contributed by atoms with Crippen molar-refractivity contribution in [1.82, 2.24) is 0 Å². The zero-order valence-electron chi connectivity index (χ0n) is 7.12. The molecule has 0 aromatic carbocycles. The zero-order valence-corrected chi connectivity index (χ0v) is 7.93. The van der Waals surface area contributed by atoms with Gasteiger partial charge in [-0.05, 0) is 25.0 Å². The predicted octanol–water partition coefficient (Wildman–Crippen LogP) is 1.11. The number of carbonyl (C=O) groups is 1. The molecule has 0 radical (unpaired) electrons. The molecule has 0 heterocycles. The molecule has 70 valence electrons. The first-order valence-electron chi connectivity index (χ1n) is 4.16. The molecule has 0 bridgehead atoms. The van der Waals surface area contributed by atoms with Gasteiger partial charge in [-0.1, -0.05) is 6.92 Å². The Hall–Kier alpha value is -0.220. The number of aliphatic carboxylic acids is 1. The minimum absolute atomic E-state index is 0.398. The topological polar surface area (TPSA) is 57.5 Å². The van der Waals surface area contributed by atoms with E-state index in [0.717, 1.165) is 12.2 Å². The standard InChI is InChI=1S/C8H14O3S/c1-2-3-12-8(7(10)11)4-6(9)5-8/h6,9H,2-5H2,1H3,(H,10,11). The largest absolute Gasteiger partial charge is 0.480 e. The van der Waals surface area contributed by atoms with Gasteiger partial charge in [-0.2, -0.15) is 0 Å². The van der Waals surface area contributed by atoms with Gasteiger partial charge in [0.1, 0.15) is 4.75 Å². The van der Waals surface area contributed by atoms with E-state index in [2.05, 4.69) is 0 Å². The number of carboxylic acid groups (broad SMARTS) is 1. The number of rotatable bonds is 4. The number of carboxylic acids is 1. The summed E-state index contributed by atoms with van der Waals surface area (Å²) in [6, 6.07) is 0. The Morgan fingerprint density at radius 2 is 2.25 bits per heavy atom. The van der Waals surface area contributed by atoms with Crippen molar-refractivity contribution in [1.29, 1.82) is 0 Å². The third-order valence-electron chi connectivity index (χ3n) is 2.10. The molecule has 1 saturated carbocycles. The van der Waals surface area contributed by atoms with Crippen molar-refractivity contribution in [3.8, 4) is 0 Å². The summed E-state index contributed by atoms with van der Waals surface area (Å²) >= 11 is 1.46. The van der Waals surface area contributed by atoms with Crippen LogP contribution in [0.25, 0.3) is 0 Å². The lowest BCUT2D eigenvalue weighted by atomic mass is 9.81. The summed E-state index contributed by atoms with van der Waals surface area (Å²) in [4.78, 5) is 10.8. The molecule has 0 aromatic heterocycles. The van der Waals surface area contributed by atoms with Crippen LogP contribution in [-0.4, -0.2) is 32.8 Å². The van der Waals surface area contributed by atoms with Crippen LogP contribution in [0.2, 0.25) is 0 Å². The highest BCUT2D eigenvalue weighted by Gasteiger charge is 2.50. The highest BCUT2D eigenvalue weighted by atomic mass is 32.2. The summed E-state index contributed by atoms with van der Waals surface area (Å²) < 4.78 is -0.671. The summed E-state index contributed by atoms with van der Waals surface area (Å²) in [6.07, 6.45) is 1.40. The van der Waals surface area contributed by atoms with Crippen molar-refractivity contribution in [2.24, 2.45) is 0 Å². The molecular formula is C8H14O3S. The first kappa shape index (κ1) is 9.86. The second kappa shape index (κ2) is 3.66. The number of hydrogen-bond acceptors (Lipinski definition) is 3. The fourth-order valence-electron chi connectivity index (χ4n) is 1.35. The number of thioether (sulfide) groups is 1. The van der Waals surface area contributed by atoms with Crippen LogP contribution < -0.4 is 0 Å². The first-order chi connectivity index (χ1) is 5.60. The fraction of sp³-hybridized carbons (Fsp3) is 0.875. The minimum atomic E-state index is -0.772. The van der Waals surface area contributed by atoms with Crippen LogP contribution in [0.15, 0.2) is 0 Å². The summed E-state index contributed by atoms with van der Waals surface area (Å²) in [6.45, 7) is 2.03. The van der Waals surface area contributed by atoms with Crippen LogP contribution in [0, 0.1) is 0 Å². The fourth-order valence-corrected chi connectivity index (χ4v) is 2.69. The molecule has 0 amide bonds. The molecule has 0 spiro atoms. The quantitative estimate of drug-likeness (QED) is 0.697. The lowest BCUT2D eigenvalue weighted by molar-refractivity contribution is -0.145. The van der Waals surface area contributed by atoms with Crippen LogP contribution in [0.4, 0.5) is 0 Å². The smallest absolute Gasteiger partial charge is 0.319 e. The van der Waals surface area contributed by atoms with E-state index in [4.69, 9.17) is 10.2 Å². The second-order valence-electron chi connectivity index (χ2n) is 3.21. The third-order valence-corrected chi connectivity index (χ3v) is 3.78. The second-order valence-corrected chi connectivity index (χ2v) is 4.69. The molecule has 0 aromatic rings.